The molecule has 0 atom stereocenters. The van der Waals surface area contributed by atoms with Crippen LogP contribution in [0.15, 0.2) is 24.3 Å². The van der Waals surface area contributed by atoms with Crippen LogP contribution in [0.5, 0.6) is 5.75 Å². The molecule has 20 heavy (non-hydrogen) atoms. The third kappa shape index (κ3) is 6.09. The zero-order valence-electron chi connectivity index (χ0n) is 12.8. The summed E-state index contributed by atoms with van der Waals surface area (Å²) in [5, 5.41) is 2.96. The van der Waals surface area contributed by atoms with Crippen LogP contribution in [0.3, 0.4) is 0 Å². The summed E-state index contributed by atoms with van der Waals surface area (Å²) in [5.74, 6) is 0.581. The lowest BCUT2D eigenvalue weighted by atomic mass is 10.1. The standard InChI is InChI=1S/C17H27NO2/c1-3-4-5-6-7-8-11-14-18-17(19)15-12-9-10-13-16(15)20-2/h9-10,12-13H,3-8,11,14H2,1-2H3,(H,18,19). The summed E-state index contributed by atoms with van der Waals surface area (Å²) in [6.07, 6.45) is 8.78. The third-order valence-electron chi connectivity index (χ3n) is 3.42. The van der Waals surface area contributed by atoms with E-state index in [1.165, 1.54) is 38.5 Å². The number of hydrogen-bond donors (Lipinski definition) is 1. The summed E-state index contributed by atoms with van der Waals surface area (Å²) >= 11 is 0. The number of nitrogens with one attached hydrogen (secondary N) is 1. The van der Waals surface area contributed by atoms with Crippen molar-refractivity contribution >= 4 is 5.91 Å². The zero-order valence-corrected chi connectivity index (χ0v) is 12.8. The molecule has 0 aliphatic carbocycles. The minimum Gasteiger partial charge on any atom is -0.496 e. The Morgan fingerprint density at radius 3 is 2.40 bits per heavy atom. The molecule has 1 N–H and O–H groups in total. The molecule has 0 bridgehead atoms. The Bertz CT molecular complexity index is 390. The van der Waals surface area contributed by atoms with Gasteiger partial charge in [0, 0.05) is 6.54 Å². The highest BCUT2D eigenvalue weighted by atomic mass is 16.5. The van der Waals surface area contributed by atoms with E-state index in [9.17, 15) is 4.79 Å². The average Bonchev–Trinajstić information content (AvgIpc) is 2.49. The molecule has 1 amide bonds. The summed E-state index contributed by atoms with van der Waals surface area (Å²) in [4.78, 5) is 12.0. The lowest BCUT2D eigenvalue weighted by molar-refractivity contribution is 0.0950. The summed E-state index contributed by atoms with van der Waals surface area (Å²) in [6.45, 7) is 2.97. The fraction of sp³-hybridized carbons (Fsp3) is 0.588. The topological polar surface area (TPSA) is 38.3 Å². The Labute approximate surface area is 122 Å². The number of carbonyl (C=O) groups is 1. The molecule has 0 saturated carbocycles. The van der Waals surface area contributed by atoms with Crippen LogP contribution in [-0.4, -0.2) is 19.6 Å². The van der Waals surface area contributed by atoms with Crippen molar-refractivity contribution < 1.29 is 9.53 Å². The highest BCUT2D eigenvalue weighted by Crippen LogP contribution is 2.16. The SMILES string of the molecule is CCCCCCCCCNC(=O)c1ccccc1OC. The maximum atomic E-state index is 12.0. The predicted molar refractivity (Wildman–Crippen MR) is 83.3 cm³/mol. The van der Waals surface area contributed by atoms with Crippen LogP contribution < -0.4 is 10.1 Å². The Morgan fingerprint density at radius 1 is 1.05 bits per heavy atom. The van der Waals surface area contributed by atoms with Gasteiger partial charge in [0.15, 0.2) is 0 Å². The van der Waals surface area contributed by atoms with Gasteiger partial charge in [-0.3, -0.25) is 4.79 Å². The average molecular weight is 277 g/mol. The van der Waals surface area contributed by atoms with E-state index in [2.05, 4.69) is 12.2 Å². The van der Waals surface area contributed by atoms with Gasteiger partial charge in [-0.1, -0.05) is 57.6 Å². The predicted octanol–water partition coefficient (Wildman–Crippen LogP) is 4.18. The number of ether oxygens (including phenoxy) is 1. The van der Waals surface area contributed by atoms with E-state index >= 15 is 0 Å². The van der Waals surface area contributed by atoms with Gasteiger partial charge < -0.3 is 10.1 Å². The van der Waals surface area contributed by atoms with Crippen molar-refractivity contribution in [1.82, 2.24) is 5.32 Å². The second kappa shape index (κ2) is 10.3. The maximum Gasteiger partial charge on any atom is 0.255 e. The number of methoxy groups -OCH3 is 1. The molecule has 0 aromatic heterocycles. The largest absolute Gasteiger partial charge is 0.496 e. The van der Waals surface area contributed by atoms with Gasteiger partial charge in [-0.25, -0.2) is 0 Å². The second-order valence-corrected chi connectivity index (χ2v) is 5.08. The number of benzene rings is 1. The van der Waals surface area contributed by atoms with Crippen LogP contribution in [0.25, 0.3) is 0 Å². The van der Waals surface area contributed by atoms with Gasteiger partial charge in [-0.2, -0.15) is 0 Å². The molecule has 1 rings (SSSR count). The van der Waals surface area contributed by atoms with E-state index in [-0.39, 0.29) is 5.91 Å². The van der Waals surface area contributed by atoms with Gasteiger partial charge in [0.1, 0.15) is 5.75 Å². The van der Waals surface area contributed by atoms with Crippen LogP contribution in [0.4, 0.5) is 0 Å². The summed E-state index contributed by atoms with van der Waals surface area (Å²) < 4.78 is 5.19. The Morgan fingerprint density at radius 2 is 1.70 bits per heavy atom. The molecule has 112 valence electrons. The van der Waals surface area contributed by atoms with E-state index in [0.717, 1.165) is 13.0 Å². The fourth-order valence-corrected chi connectivity index (χ4v) is 2.21. The molecule has 1 aromatic carbocycles. The molecule has 0 aliphatic rings. The number of unbranched alkanes of at least 4 members (excludes halogenated alkanes) is 6. The molecule has 1 aromatic rings. The highest BCUT2D eigenvalue weighted by molar-refractivity contribution is 5.96. The van der Waals surface area contributed by atoms with Crippen LogP contribution >= 0.6 is 0 Å². The quantitative estimate of drug-likeness (QED) is 0.652. The Kier molecular flexibility index (Phi) is 8.52. The zero-order chi connectivity index (χ0) is 14.6. The first-order chi connectivity index (χ1) is 9.79. The first-order valence-corrected chi connectivity index (χ1v) is 7.70. The Balaban J connectivity index is 2.17. The number of rotatable bonds is 10. The third-order valence-corrected chi connectivity index (χ3v) is 3.42. The van der Waals surface area contributed by atoms with Gasteiger partial charge in [0.05, 0.1) is 12.7 Å². The number of hydrogen-bond acceptors (Lipinski definition) is 2. The van der Waals surface area contributed by atoms with Crippen molar-refractivity contribution in [3.63, 3.8) is 0 Å². The lowest BCUT2D eigenvalue weighted by Gasteiger charge is -2.09. The van der Waals surface area contributed by atoms with Gasteiger partial charge in [0.2, 0.25) is 0 Å². The normalized spacial score (nSPS) is 10.3. The molecule has 0 radical (unpaired) electrons. The Hall–Kier alpha value is -1.51. The smallest absolute Gasteiger partial charge is 0.255 e. The van der Waals surface area contributed by atoms with E-state index in [1.807, 2.05) is 18.2 Å². The number of amides is 1. The molecule has 0 aliphatic heterocycles. The molecule has 3 nitrogen and oxygen atoms in total. The van der Waals surface area contributed by atoms with Gasteiger partial charge in [-0.05, 0) is 18.6 Å². The molecule has 0 saturated heterocycles. The van der Waals surface area contributed by atoms with Crippen LogP contribution in [0.2, 0.25) is 0 Å². The molecule has 0 fully saturated rings. The van der Waals surface area contributed by atoms with Crippen molar-refractivity contribution in [2.75, 3.05) is 13.7 Å². The van der Waals surface area contributed by atoms with Crippen molar-refractivity contribution in [2.45, 2.75) is 51.9 Å². The summed E-state index contributed by atoms with van der Waals surface area (Å²) in [6, 6.07) is 7.32. The van der Waals surface area contributed by atoms with Crippen molar-refractivity contribution in [2.24, 2.45) is 0 Å². The second-order valence-electron chi connectivity index (χ2n) is 5.08. The van der Waals surface area contributed by atoms with Gasteiger partial charge >= 0.3 is 0 Å². The number of para-hydroxylation sites is 1. The van der Waals surface area contributed by atoms with Crippen molar-refractivity contribution in [3.05, 3.63) is 29.8 Å². The van der Waals surface area contributed by atoms with Crippen molar-refractivity contribution in [3.8, 4) is 5.75 Å². The van der Waals surface area contributed by atoms with Gasteiger partial charge in [0.25, 0.3) is 5.91 Å². The minimum atomic E-state index is -0.0477. The molecular formula is C17H27NO2. The summed E-state index contributed by atoms with van der Waals surface area (Å²) in [7, 11) is 1.59. The molecular weight excluding hydrogens is 250 g/mol. The van der Waals surface area contributed by atoms with E-state index in [1.54, 1.807) is 13.2 Å². The molecule has 0 spiro atoms. The molecule has 0 unspecified atom stereocenters. The van der Waals surface area contributed by atoms with Crippen molar-refractivity contribution in [1.29, 1.82) is 0 Å². The van der Waals surface area contributed by atoms with Crippen LogP contribution in [-0.2, 0) is 0 Å². The highest BCUT2D eigenvalue weighted by Gasteiger charge is 2.09. The fourth-order valence-electron chi connectivity index (χ4n) is 2.21. The summed E-state index contributed by atoms with van der Waals surface area (Å²) in [5.41, 5.74) is 0.609. The first kappa shape index (κ1) is 16.5. The van der Waals surface area contributed by atoms with E-state index in [0.29, 0.717) is 11.3 Å². The van der Waals surface area contributed by atoms with E-state index in [4.69, 9.17) is 4.74 Å². The minimum absolute atomic E-state index is 0.0477. The van der Waals surface area contributed by atoms with Crippen LogP contribution in [0.1, 0.15) is 62.2 Å². The van der Waals surface area contributed by atoms with E-state index < -0.39 is 0 Å². The maximum absolute atomic E-state index is 12.0. The monoisotopic (exact) mass is 277 g/mol. The lowest BCUT2D eigenvalue weighted by Crippen LogP contribution is -2.24. The molecule has 3 heteroatoms. The first-order valence-electron chi connectivity index (χ1n) is 7.70. The number of carbonyl (C=O) groups excluding carboxylic acids is 1. The van der Waals surface area contributed by atoms with Crippen LogP contribution in [0, 0.1) is 0 Å². The van der Waals surface area contributed by atoms with Gasteiger partial charge in [-0.15, -0.1) is 0 Å². The molecule has 0 heterocycles.